The highest BCUT2D eigenvalue weighted by Gasteiger charge is 2.07. The van der Waals surface area contributed by atoms with Gasteiger partial charge in [0.25, 0.3) is 0 Å². The first-order chi connectivity index (χ1) is 7.26. The van der Waals surface area contributed by atoms with Crippen molar-refractivity contribution in [1.82, 2.24) is 0 Å². The van der Waals surface area contributed by atoms with Gasteiger partial charge in [0.15, 0.2) is 0 Å². The van der Waals surface area contributed by atoms with Crippen LogP contribution in [-0.2, 0) is 25.8 Å². The number of aliphatic hydroxyl groups is 1. The van der Waals surface area contributed by atoms with Gasteiger partial charge in [-0.15, -0.1) is 0 Å². The zero-order chi connectivity index (χ0) is 11.3. The Morgan fingerprint density at radius 1 is 1.13 bits per heavy atom. The van der Waals surface area contributed by atoms with Crippen molar-refractivity contribution in [2.45, 2.75) is 39.7 Å². The molecule has 84 valence electrons. The minimum atomic E-state index is 0.200. The molecule has 0 aliphatic carbocycles. The van der Waals surface area contributed by atoms with Crippen LogP contribution in [0, 0.1) is 0 Å². The predicted octanol–water partition coefficient (Wildman–Crippen LogP) is 1.80. The molecule has 0 unspecified atom stereocenters. The molecule has 1 aromatic carbocycles. The molecule has 2 heteroatoms. The maximum absolute atomic E-state index is 9.05. The van der Waals surface area contributed by atoms with Crippen molar-refractivity contribution in [2.75, 3.05) is 6.61 Å². The normalized spacial score (nSPS) is 10.7. The Kier molecular flexibility index (Phi) is 4.79. The predicted molar refractivity (Wildman–Crippen MR) is 63.9 cm³/mol. The Hall–Kier alpha value is -0.860. The van der Waals surface area contributed by atoms with Crippen LogP contribution < -0.4 is 5.73 Å². The topological polar surface area (TPSA) is 46.2 Å². The summed E-state index contributed by atoms with van der Waals surface area (Å²) in [5.74, 6) is 0. The van der Waals surface area contributed by atoms with Gasteiger partial charge in [-0.1, -0.05) is 26.0 Å². The van der Waals surface area contributed by atoms with E-state index >= 15 is 0 Å². The third kappa shape index (κ3) is 2.80. The molecule has 15 heavy (non-hydrogen) atoms. The van der Waals surface area contributed by atoms with Crippen LogP contribution in [-0.4, -0.2) is 11.7 Å². The number of hydrogen-bond acceptors (Lipinski definition) is 2. The Labute approximate surface area is 92.1 Å². The van der Waals surface area contributed by atoms with Crippen molar-refractivity contribution < 1.29 is 5.11 Å². The molecule has 0 saturated heterocycles. The Balaban J connectivity index is 3.19. The summed E-state index contributed by atoms with van der Waals surface area (Å²) in [6.07, 6.45) is 2.77. The Morgan fingerprint density at radius 2 is 1.80 bits per heavy atom. The summed E-state index contributed by atoms with van der Waals surface area (Å²) in [5.41, 5.74) is 10.9. The fourth-order valence-corrected chi connectivity index (χ4v) is 2.00. The summed E-state index contributed by atoms with van der Waals surface area (Å²) in [5, 5.41) is 9.05. The van der Waals surface area contributed by atoms with Gasteiger partial charge in [0.05, 0.1) is 0 Å². The van der Waals surface area contributed by atoms with Gasteiger partial charge in [-0.3, -0.25) is 0 Å². The largest absolute Gasteiger partial charge is 0.396 e. The second-order valence-corrected chi connectivity index (χ2v) is 3.78. The number of rotatable bonds is 5. The van der Waals surface area contributed by atoms with Crippen molar-refractivity contribution >= 4 is 0 Å². The van der Waals surface area contributed by atoms with Gasteiger partial charge >= 0.3 is 0 Å². The van der Waals surface area contributed by atoms with Crippen molar-refractivity contribution in [2.24, 2.45) is 5.73 Å². The van der Waals surface area contributed by atoms with Gasteiger partial charge in [0.1, 0.15) is 0 Å². The van der Waals surface area contributed by atoms with E-state index in [2.05, 4.69) is 26.0 Å². The van der Waals surface area contributed by atoms with Crippen LogP contribution in [0.2, 0.25) is 0 Å². The first kappa shape index (κ1) is 12.2. The molecule has 0 radical (unpaired) electrons. The zero-order valence-corrected chi connectivity index (χ0v) is 9.71. The quantitative estimate of drug-likeness (QED) is 0.773. The summed E-state index contributed by atoms with van der Waals surface area (Å²) >= 11 is 0. The van der Waals surface area contributed by atoms with Gasteiger partial charge < -0.3 is 10.8 Å². The van der Waals surface area contributed by atoms with E-state index in [1.54, 1.807) is 0 Å². The Bertz CT molecular complexity index is 295. The molecule has 3 N–H and O–H groups in total. The maximum atomic E-state index is 9.05. The molecule has 0 bridgehead atoms. The van der Waals surface area contributed by atoms with E-state index in [9.17, 15) is 0 Å². The molecular weight excluding hydrogens is 186 g/mol. The van der Waals surface area contributed by atoms with E-state index in [1.807, 2.05) is 0 Å². The summed E-state index contributed by atoms with van der Waals surface area (Å²) in [6.45, 7) is 5.07. The summed E-state index contributed by atoms with van der Waals surface area (Å²) in [6, 6.07) is 4.41. The molecule has 0 saturated carbocycles. The fourth-order valence-electron chi connectivity index (χ4n) is 2.00. The van der Waals surface area contributed by atoms with Crippen molar-refractivity contribution in [3.05, 3.63) is 34.4 Å². The van der Waals surface area contributed by atoms with Gasteiger partial charge in [0, 0.05) is 13.2 Å². The van der Waals surface area contributed by atoms with Gasteiger partial charge in [-0.05, 0) is 41.5 Å². The highest BCUT2D eigenvalue weighted by atomic mass is 16.2. The standard InChI is InChI=1S/C13H21NO/c1-3-10-7-11(4-2)13(5-6-15)12(8-10)9-14/h7-8,15H,3-6,9,14H2,1-2H3. The van der Waals surface area contributed by atoms with Crippen LogP contribution in [0.1, 0.15) is 36.1 Å². The summed E-state index contributed by atoms with van der Waals surface area (Å²) in [7, 11) is 0. The van der Waals surface area contributed by atoms with Gasteiger partial charge in [0.2, 0.25) is 0 Å². The number of hydrogen-bond donors (Lipinski definition) is 2. The monoisotopic (exact) mass is 207 g/mol. The van der Waals surface area contributed by atoms with Crippen LogP contribution in [0.5, 0.6) is 0 Å². The first-order valence-electron chi connectivity index (χ1n) is 5.71. The third-order valence-corrected chi connectivity index (χ3v) is 2.87. The number of aryl methyl sites for hydroxylation is 2. The van der Waals surface area contributed by atoms with E-state index in [1.165, 1.54) is 22.3 Å². The Morgan fingerprint density at radius 3 is 2.27 bits per heavy atom. The summed E-state index contributed by atoms with van der Waals surface area (Å²) in [4.78, 5) is 0. The molecule has 2 nitrogen and oxygen atoms in total. The SMILES string of the molecule is CCc1cc(CC)c(CCO)c(CN)c1. The molecule has 0 heterocycles. The average Bonchev–Trinajstić information content (AvgIpc) is 2.29. The average molecular weight is 207 g/mol. The maximum Gasteiger partial charge on any atom is 0.0471 e. The van der Waals surface area contributed by atoms with Gasteiger partial charge in [-0.2, -0.15) is 0 Å². The van der Waals surface area contributed by atoms with Crippen molar-refractivity contribution in [1.29, 1.82) is 0 Å². The lowest BCUT2D eigenvalue weighted by Gasteiger charge is -2.14. The van der Waals surface area contributed by atoms with Crippen LogP contribution in [0.25, 0.3) is 0 Å². The summed E-state index contributed by atoms with van der Waals surface area (Å²) < 4.78 is 0. The molecule has 0 fully saturated rings. The van der Waals surface area contributed by atoms with Crippen molar-refractivity contribution in [3.8, 4) is 0 Å². The second kappa shape index (κ2) is 5.89. The third-order valence-electron chi connectivity index (χ3n) is 2.87. The molecule has 0 aliphatic heterocycles. The van der Waals surface area contributed by atoms with E-state index in [0.717, 1.165) is 19.3 Å². The minimum Gasteiger partial charge on any atom is -0.396 e. The number of benzene rings is 1. The molecular formula is C13H21NO. The highest BCUT2D eigenvalue weighted by Crippen LogP contribution is 2.19. The molecule has 0 aliphatic rings. The molecule has 0 amide bonds. The van der Waals surface area contributed by atoms with Crippen LogP contribution >= 0.6 is 0 Å². The zero-order valence-electron chi connectivity index (χ0n) is 9.71. The molecule has 0 aromatic heterocycles. The fraction of sp³-hybridized carbons (Fsp3) is 0.538. The molecule has 0 spiro atoms. The van der Waals surface area contributed by atoms with E-state index < -0.39 is 0 Å². The number of nitrogens with two attached hydrogens (primary N) is 1. The molecule has 1 aromatic rings. The van der Waals surface area contributed by atoms with Crippen molar-refractivity contribution in [3.63, 3.8) is 0 Å². The molecule has 1 rings (SSSR count). The first-order valence-corrected chi connectivity index (χ1v) is 5.71. The minimum absolute atomic E-state index is 0.200. The number of aliphatic hydroxyl groups excluding tert-OH is 1. The van der Waals surface area contributed by atoms with E-state index in [-0.39, 0.29) is 6.61 Å². The smallest absolute Gasteiger partial charge is 0.0471 e. The van der Waals surface area contributed by atoms with Crippen LogP contribution in [0.4, 0.5) is 0 Å². The van der Waals surface area contributed by atoms with E-state index in [4.69, 9.17) is 10.8 Å². The highest BCUT2D eigenvalue weighted by molar-refractivity contribution is 5.39. The second-order valence-electron chi connectivity index (χ2n) is 3.78. The van der Waals surface area contributed by atoms with Gasteiger partial charge in [-0.25, -0.2) is 0 Å². The lowest BCUT2D eigenvalue weighted by atomic mass is 9.93. The van der Waals surface area contributed by atoms with Crippen LogP contribution in [0.3, 0.4) is 0 Å². The van der Waals surface area contributed by atoms with Crippen LogP contribution in [0.15, 0.2) is 12.1 Å². The molecule has 0 atom stereocenters. The lowest BCUT2D eigenvalue weighted by molar-refractivity contribution is 0.299. The lowest BCUT2D eigenvalue weighted by Crippen LogP contribution is -2.08. The van der Waals surface area contributed by atoms with E-state index in [0.29, 0.717) is 6.54 Å².